The molecule has 0 aromatic rings. The lowest BCUT2D eigenvalue weighted by molar-refractivity contribution is -0.119. The lowest BCUT2D eigenvalue weighted by atomic mass is 10.3. The monoisotopic (exact) mass is 217 g/mol. The minimum absolute atomic E-state index is 0.119. The van der Waals surface area contributed by atoms with Crippen LogP contribution in [0.4, 0.5) is 0 Å². The van der Waals surface area contributed by atoms with Gasteiger partial charge in [-0.05, 0) is 13.3 Å². The first kappa shape index (κ1) is 14.3. The Balaban J connectivity index is 3.65. The Hall–Kier alpha value is -0.650. The molecule has 1 amide bonds. The quantitative estimate of drug-likeness (QED) is 0.513. The summed E-state index contributed by atoms with van der Waals surface area (Å²) in [5.41, 5.74) is 3.21. The molecule has 0 fully saturated rings. The molecule has 0 aliphatic carbocycles. The molecule has 0 spiro atoms. The van der Waals surface area contributed by atoms with Crippen molar-refractivity contribution in [2.24, 2.45) is 0 Å². The zero-order chi connectivity index (χ0) is 11.8. The molecule has 2 atom stereocenters. The first-order valence-corrected chi connectivity index (χ1v) is 5.35. The molecule has 0 aliphatic heterocycles. The fraction of sp³-hybridized carbons (Fsp3) is 0.900. The van der Waals surface area contributed by atoms with Gasteiger partial charge in [-0.1, -0.05) is 6.92 Å². The Bertz CT molecular complexity index is 188. The van der Waals surface area contributed by atoms with Crippen molar-refractivity contribution in [1.82, 2.24) is 15.8 Å². The maximum atomic E-state index is 10.6. The molecule has 5 heteroatoms. The normalized spacial score (nSPS) is 15.1. The molecule has 0 heterocycles. The number of hydrazine groups is 1. The third-order valence-corrected chi connectivity index (χ3v) is 2.12. The van der Waals surface area contributed by atoms with Crippen LogP contribution in [0.25, 0.3) is 0 Å². The van der Waals surface area contributed by atoms with Crippen molar-refractivity contribution >= 4 is 5.91 Å². The van der Waals surface area contributed by atoms with Gasteiger partial charge in [0.25, 0.3) is 0 Å². The van der Waals surface area contributed by atoms with Crippen LogP contribution < -0.4 is 10.7 Å². The van der Waals surface area contributed by atoms with Crippen LogP contribution in [0.3, 0.4) is 0 Å². The number of hydrogen-bond donors (Lipinski definition) is 3. The Labute approximate surface area is 91.8 Å². The van der Waals surface area contributed by atoms with Gasteiger partial charge in [-0.15, -0.1) is 0 Å². The van der Waals surface area contributed by atoms with Crippen LogP contribution in [-0.4, -0.2) is 48.3 Å². The summed E-state index contributed by atoms with van der Waals surface area (Å²) in [5.74, 6) is -0.119. The Kier molecular flexibility index (Phi) is 7.29. The van der Waals surface area contributed by atoms with E-state index in [9.17, 15) is 9.90 Å². The Morgan fingerprint density at radius 2 is 2.13 bits per heavy atom. The van der Waals surface area contributed by atoms with Crippen molar-refractivity contribution in [3.05, 3.63) is 0 Å². The molecule has 15 heavy (non-hydrogen) atoms. The first-order chi connectivity index (χ1) is 6.95. The van der Waals surface area contributed by atoms with E-state index >= 15 is 0 Å². The van der Waals surface area contributed by atoms with E-state index in [1.54, 1.807) is 0 Å². The summed E-state index contributed by atoms with van der Waals surface area (Å²) in [6, 6.07) is 0.392. The maximum Gasteiger partial charge on any atom is 0.216 e. The lowest BCUT2D eigenvalue weighted by Gasteiger charge is -2.24. The third kappa shape index (κ3) is 8.35. The minimum atomic E-state index is -0.546. The number of amides is 1. The fourth-order valence-corrected chi connectivity index (χ4v) is 1.16. The highest BCUT2D eigenvalue weighted by Gasteiger charge is 2.09. The molecule has 0 rings (SSSR count). The fourth-order valence-electron chi connectivity index (χ4n) is 1.16. The molecule has 0 saturated carbocycles. The van der Waals surface area contributed by atoms with Gasteiger partial charge in [-0.2, -0.15) is 0 Å². The summed E-state index contributed by atoms with van der Waals surface area (Å²) >= 11 is 0. The Morgan fingerprint density at radius 1 is 1.53 bits per heavy atom. The number of aliphatic hydroxyl groups is 1. The van der Waals surface area contributed by atoms with E-state index < -0.39 is 6.10 Å². The molecule has 0 saturated heterocycles. The van der Waals surface area contributed by atoms with Crippen molar-refractivity contribution in [2.75, 3.05) is 20.1 Å². The summed E-state index contributed by atoms with van der Waals surface area (Å²) in [6.45, 7) is 6.40. The molecule has 5 nitrogen and oxygen atoms in total. The standard InChI is InChI=1S/C10H23N3O2/c1-5-8(2)12-13(4)7-10(15)6-11-9(3)14/h8,10,12,15H,5-7H2,1-4H3,(H,11,14). The molecule has 3 N–H and O–H groups in total. The van der Waals surface area contributed by atoms with Gasteiger partial charge in [0.15, 0.2) is 0 Å². The number of likely N-dealkylation sites (N-methyl/N-ethyl adjacent to an activating group) is 1. The molecular formula is C10H23N3O2. The summed E-state index contributed by atoms with van der Waals surface area (Å²) in [6.07, 6.45) is 0.488. The molecule has 2 unspecified atom stereocenters. The predicted octanol–water partition coefficient (Wildman–Crippen LogP) is -0.282. The van der Waals surface area contributed by atoms with Crippen molar-refractivity contribution < 1.29 is 9.90 Å². The van der Waals surface area contributed by atoms with E-state index in [1.165, 1.54) is 6.92 Å². The van der Waals surface area contributed by atoms with Crippen molar-refractivity contribution in [1.29, 1.82) is 0 Å². The molecule has 0 radical (unpaired) electrons. The molecule has 0 aromatic heterocycles. The largest absolute Gasteiger partial charge is 0.390 e. The highest BCUT2D eigenvalue weighted by Crippen LogP contribution is 1.91. The SMILES string of the molecule is CCC(C)NN(C)CC(O)CNC(C)=O. The van der Waals surface area contributed by atoms with Gasteiger partial charge in [0, 0.05) is 33.1 Å². The van der Waals surface area contributed by atoms with Crippen LogP contribution in [0.2, 0.25) is 0 Å². The van der Waals surface area contributed by atoms with Crippen LogP contribution in [0.15, 0.2) is 0 Å². The molecule has 0 aromatic carbocycles. The van der Waals surface area contributed by atoms with Gasteiger partial charge < -0.3 is 10.4 Å². The summed E-state index contributed by atoms with van der Waals surface area (Å²) in [5, 5.41) is 14.0. The number of carbonyl (C=O) groups is 1. The minimum Gasteiger partial charge on any atom is -0.390 e. The van der Waals surface area contributed by atoms with Crippen LogP contribution in [0.5, 0.6) is 0 Å². The van der Waals surface area contributed by atoms with E-state index in [4.69, 9.17) is 0 Å². The summed E-state index contributed by atoms with van der Waals surface area (Å²) in [4.78, 5) is 10.6. The van der Waals surface area contributed by atoms with Crippen LogP contribution in [0.1, 0.15) is 27.2 Å². The third-order valence-electron chi connectivity index (χ3n) is 2.12. The number of hydrogen-bond acceptors (Lipinski definition) is 4. The lowest BCUT2D eigenvalue weighted by Crippen LogP contribution is -2.46. The van der Waals surface area contributed by atoms with E-state index in [2.05, 4.69) is 24.6 Å². The number of carbonyl (C=O) groups excluding carboxylic acids is 1. The van der Waals surface area contributed by atoms with Gasteiger partial charge >= 0.3 is 0 Å². The number of nitrogens with zero attached hydrogens (tertiary/aromatic N) is 1. The molecular weight excluding hydrogens is 194 g/mol. The van der Waals surface area contributed by atoms with E-state index in [1.807, 2.05) is 12.1 Å². The van der Waals surface area contributed by atoms with Gasteiger partial charge in [-0.3, -0.25) is 10.2 Å². The average molecular weight is 217 g/mol. The second kappa shape index (κ2) is 7.62. The smallest absolute Gasteiger partial charge is 0.216 e. The van der Waals surface area contributed by atoms with Crippen molar-refractivity contribution in [3.8, 4) is 0 Å². The second-order valence-corrected chi connectivity index (χ2v) is 3.91. The van der Waals surface area contributed by atoms with Gasteiger partial charge in [0.2, 0.25) is 5.91 Å². The highest BCUT2D eigenvalue weighted by molar-refractivity contribution is 5.72. The number of aliphatic hydroxyl groups excluding tert-OH is 1. The Morgan fingerprint density at radius 3 is 2.60 bits per heavy atom. The van der Waals surface area contributed by atoms with Crippen molar-refractivity contribution in [3.63, 3.8) is 0 Å². The molecule has 0 bridgehead atoms. The van der Waals surface area contributed by atoms with Crippen molar-refractivity contribution in [2.45, 2.75) is 39.3 Å². The van der Waals surface area contributed by atoms with E-state index in [-0.39, 0.29) is 5.91 Å². The molecule has 90 valence electrons. The highest BCUT2D eigenvalue weighted by atomic mass is 16.3. The summed E-state index contributed by atoms with van der Waals surface area (Å²) in [7, 11) is 1.88. The number of rotatable bonds is 7. The van der Waals surface area contributed by atoms with Gasteiger partial charge in [-0.25, -0.2) is 5.01 Å². The zero-order valence-electron chi connectivity index (χ0n) is 10.1. The maximum absolute atomic E-state index is 10.6. The average Bonchev–Trinajstić information content (AvgIpc) is 2.14. The van der Waals surface area contributed by atoms with Crippen LogP contribution in [-0.2, 0) is 4.79 Å². The van der Waals surface area contributed by atoms with Crippen LogP contribution in [0, 0.1) is 0 Å². The molecule has 0 aliphatic rings. The second-order valence-electron chi connectivity index (χ2n) is 3.91. The zero-order valence-corrected chi connectivity index (χ0v) is 10.1. The number of nitrogens with one attached hydrogen (secondary N) is 2. The van der Waals surface area contributed by atoms with Crippen LogP contribution >= 0.6 is 0 Å². The van der Waals surface area contributed by atoms with E-state index in [0.29, 0.717) is 19.1 Å². The predicted molar refractivity (Wildman–Crippen MR) is 60.2 cm³/mol. The van der Waals surface area contributed by atoms with E-state index in [0.717, 1.165) is 6.42 Å². The topological polar surface area (TPSA) is 64.6 Å². The van der Waals surface area contributed by atoms with Gasteiger partial charge in [0.05, 0.1) is 6.10 Å². The first-order valence-electron chi connectivity index (χ1n) is 5.35. The summed E-state index contributed by atoms with van der Waals surface area (Å²) < 4.78 is 0. The van der Waals surface area contributed by atoms with Gasteiger partial charge in [0.1, 0.15) is 0 Å².